The number of nitrogens with two attached hydrogens (primary N) is 1. The monoisotopic (exact) mass is 218 g/mol. The van der Waals surface area contributed by atoms with Crippen LogP contribution in [0, 0.1) is 0 Å². The number of rotatable bonds is 3. The highest BCUT2D eigenvalue weighted by molar-refractivity contribution is 7.99. The van der Waals surface area contributed by atoms with E-state index in [2.05, 4.69) is 24.7 Å². The van der Waals surface area contributed by atoms with Gasteiger partial charge in [-0.05, 0) is 18.2 Å². The van der Waals surface area contributed by atoms with Crippen LogP contribution >= 0.6 is 11.3 Å². The molecule has 0 saturated heterocycles. The summed E-state index contributed by atoms with van der Waals surface area (Å²) in [5, 5.41) is 5.38. The quantitative estimate of drug-likeness (QED) is 0.784. The van der Waals surface area contributed by atoms with Crippen molar-refractivity contribution in [3.63, 3.8) is 0 Å². The Morgan fingerprint density at radius 2 is 2.46 bits per heavy atom. The van der Waals surface area contributed by atoms with Crippen LogP contribution in [0.1, 0.15) is 31.1 Å². The number of hydrogen-bond donors (Lipinski definition) is 1. The average molecular weight is 218 g/mol. The Balaban J connectivity index is 3.00. The molecule has 0 bridgehead atoms. The van der Waals surface area contributed by atoms with Gasteiger partial charge in [-0.15, -0.1) is 11.3 Å². The smallest absolute Gasteiger partial charge is 0.186 e. The topological polar surface area (TPSA) is 56.0 Å². The second kappa shape index (κ2) is 3.77. The maximum atomic E-state index is 11.3. The van der Waals surface area contributed by atoms with Gasteiger partial charge in [-0.1, -0.05) is 13.8 Å². The molecule has 0 aliphatic rings. The largest absolute Gasteiger partial charge is 0.254 e. The molecule has 0 aromatic carbocycles. The summed E-state index contributed by atoms with van der Waals surface area (Å²) in [6.07, 6.45) is 2.79. The molecule has 2 N–H and O–H groups in total. The summed E-state index contributed by atoms with van der Waals surface area (Å²) in [7, 11) is -2.62. The van der Waals surface area contributed by atoms with Gasteiger partial charge in [-0.3, -0.25) is 5.14 Å². The van der Waals surface area contributed by atoms with Crippen LogP contribution in [0.3, 0.4) is 0 Å². The first-order chi connectivity index (χ1) is 5.95. The van der Waals surface area contributed by atoms with Gasteiger partial charge in [0.1, 0.15) is 0 Å². The lowest BCUT2D eigenvalue weighted by Gasteiger charge is -2.02. The molecule has 1 rings (SSSR count). The van der Waals surface area contributed by atoms with Crippen LogP contribution in [0.4, 0.5) is 0 Å². The minimum absolute atomic E-state index is 0.447. The summed E-state index contributed by atoms with van der Waals surface area (Å²) < 4.78 is 11.8. The van der Waals surface area contributed by atoms with E-state index in [9.17, 15) is 4.21 Å². The van der Waals surface area contributed by atoms with Crippen molar-refractivity contribution in [2.75, 3.05) is 0 Å². The zero-order valence-corrected chi connectivity index (χ0v) is 9.45. The van der Waals surface area contributed by atoms with Crippen LogP contribution in [-0.4, -0.2) is 15.1 Å². The minimum Gasteiger partial charge on any atom is -0.254 e. The predicted octanol–water partition coefficient (Wildman–Crippen LogP) is 1.61. The van der Waals surface area contributed by atoms with Crippen molar-refractivity contribution in [3.05, 3.63) is 11.1 Å². The van der Waals surface area contributed by atoms with Crippen LogP contribution < -0.4 is 5.14 Å². The van der Waals surface area contributed by atoms with Crippen LogP contribution in [0.5, 0.6) is 0 Å². The molecule has 1 heterocycles. The van der Waals surface area contributed by atoms with E-state index in [1.54, 1.807) is 6.20 Å². The summed E-state index contributed by atoms with van der Waals surface area (Å²) in [5.41, 5.74) is 0. The van der Waals surface area contributed by atoms with E-state index in [1.807, 2.05) is 0 Å². The maximum absolute atomic E-state index is 11.3. The van der Waals surface area contributed by atoms with Crippen molar-refractivity contribution >= 4 is 26.9 Å². The Morgan fingerprint density at radius 3 is 2.85 bits per heavy atom. The third-order valence-electron chi connectivity index (χ3n) is 1.90. The lowest BCUT2D eigenvalue weighted by molar-refractivity contribution is 0.681. The van der Waals surface area contributed by atoms with E-state index < -0.39 is 9.71 Å². The summed E-state index contributed by atoms with van der Waals surface area (Å²) in [6.45, 7) is 4.22. The standard InChI is InChI=1S/C8H14N2OS2/c1-4-6(2)7-5-10-8(12-7)13(3,9)11/h5-6H,3-4H2,1-2H3,(H2,9,11). The lowest BCUT2D eigenvalue weighted by Crippen LogP contribution is -2.10. The first kappa shape index (κ1) is 10.7. The van der Waals surface area contributed by atoms with Gasteiger partial charge in [0.2, 0.25) is 0 Å². The summed E-state index contributed by atoms with van der Waals surface area (Å²) in [4.78, 5) is 5.14. The summed E-state index contributed by atoms with van der Waals surface area (Å²) >= 11 is 1.40. The van der Waals surface area contributed by atoms with Gasteiger partial charge < -0.3 is 0 Å². The summed E-state index contributed by atoms with van der Waals surface area (Å²) in [6, 6.07) is 0. The highest BCUT2D eigenvalue weighted by Gasteiger charge is 2.11. The minimum atomic E-state index is -2.62. The fourth-order valence-corrected chi connectivity index (χ4v) is 2.72. The van der Waals surface area contributed by atoms with E-state index in [4.69, 9.17) is 5.14 Å². The van der Waals surface area contributed by atoms with Crippen molar-refractivity contribution in [2.45, 2.75) is 30.5 Å². The molecule has 3 nitrogen and oxygen atoms in total. The third-order valence-corrected chi connectivity index (χ3v) is 4.71. The van der Waals surface area contributed by atoms with Gasteiger partial charge in [0, 0.05) is 11.1 Å². The molecule has 0 spiro atoms. The van der Waals surface area contributed by atoms with Crippen molar-refractivity contribution in [1.82, 2.24) is 4.98 Å². The van der Waals surface area contributed by atoms with Crippen LogP contribution in [0.15, 0.2) is 10.5 Å². The molecule has 0 amide bonds. The van der Waals surface area contributed by atoms with Crippen LogP contribution in [0.25, 0.3) is 0 Å². The van der Waals surface area contributed by atoms with E-state index in [0.29, 0.717) is 10.3 Å². The molecule has 74 valence electrons. The molecule has 2 unspecified atom stereocenters. The molecule has 0 aliphatic heterocycles. The fourth-order valence-electron chi connectivity index (χ4n) is 0.859. The highest BCUT2D eigenvalue weighted by atomic mass is 32.2. The Hall–Kier alpha value is -0.390. The second-order valence-corrected chi connectivity index (χ2v) is 6.22. The van der Waals surface area contributed by atoms with Crippen molar-refractivity contribution in [1.29, 1.82) is 0 Å². The normalized spacial score (nSPS) is 18.1. The Labute approximate surface area is 83.1 Å². The molecule has 1 aromatic rings. The fraction of sp³-hybridized carbons (Fsp3) is 0.500. The molecular weight excluding hydrogens is 204 g/mol. The maximum Gasteiger partial charge on any atom is 0.186 e. The zero-order chi connectivity index (χ0) is 10.1. The second-order valence-electron chi connectivity index (χ2n) is 3.06. The van der Waals surface area contributed by atoms with Crippen LogP contribution in [0.2, 0.25) is 0 Å². The van der Waals surface area contributed by atoms with Gasteiger partial charge in [0.05, 0.1) is 9.71 Å². The van der Waals surface area contributed by atoms with Crippen molar-refractivity contribution in [2.24, 2.45) is 5.14 Å². The highest BCUT2D eigenvalue weighted by Crippen LogP contribution is 2.26. The van der Waals surface area contributed by atoms with Gasteiger partial charge in [0.15, 0.2) is 4.34 Å². The SMILES string of the molecule is C=S(N)(=O)c1ncc(C(C)CC)s1. The first-order valence-electron chi connectivity index (χ1n) is 4.06. The molecule has 2 atom stereocenters. The molecule has 5 heteroatoms. The average Bonchev–Trinajstić information content (AvgIpc) is 2.50. The molecule has 13 heavy (non-hydrogen) atoms. The Kier molecular flexibility index (Phi) is 3.10. The zero-order valence-electron chi connectivity index (χ0n) is 7.82. The predicted molar refractivity (Wildman–Crippen MR) is 58.5 cm³/mol. The molecule has 0 aliphatic carbocycles. The van der Waals surface area contributed by atoms with Gasteiger partial charge in [-0.2, -0.15) is 0 Å². The van der Waals surface area contributed by atoms with E-state index in [-0.39, 0.29) is 0 Å². The molecule has 0 saturated carbocycles. The number of thiazole rings is 1. The van der Waals surface area contributed by atoms with Crippen LogP contribution in [-0.2, 0) is 9.71 Å². The van der Waals surface area contributed by atoms with Crippen molar-refractivity contribution < 1.29 is 4.21 Å². The van der Waals surface area contributed by atoms with E-state index in [1.165, 1.54) is 11.3 Å². The number of aromatic nitrogens is 1. The Morgan fingerprint density at radius 1 is 1.85 bits per heavy atom. The van der Waals surface area contributed by atoms with Gasteiger partial charge in [-0.25, -0.2) is 9.19 Å². The Bertz CT molecular complexity index is 381. The lowest BCUT2D eigenvalue weighted by atomic mass is 10.1. The van der Waals surface area contributed by atoms with Gasteiger partial charge in [0.25, 0.3) is 0 Å². The molecular formula is C8H14N2OS2. The summed E-state index contributed by atoms with van der Waals surface area (Å²) in [5.74, 6) is 3.84. The van der Waals surface area contributed by atoms with E-state index in [0.717, 1.165) is 11.3 Å². The number of hydrogen-bond acceptors (Lipinski definition) is 3. The molecule has 0 radical (unpaired) electrons. The third kappa shape index (κ3) is 2.52. The molecule has 1 aromatic heterocycles. The van der Waals surface area contributed by atoms with E-state index >= 15 is 0 Å². The van der Waals surface area contributed by atoms with Gasteiger partial charge >= 0.3 is 0 Å². The van der Waals surface area contributed by atoms with Crippen molar-refractivity contribution in [3.8, 4) is 0 Å². The number of nitrogens with zero attached hydrogens (tertiary/aromatic N) is 1. The first-order valence-corrected chi connectivity index (χ1v) is 6.66. The molecule has 0 fully saturated rings.